The molecular weight excluding hydrogens is 355 g/mol. The van der Waals surface area contributed by atoms with E-state index in [2.05, 4.69) is 23.8 Å². The molecule has 1 aromatic carbocycles. The number of hydrogen-bond donors (Lipinski definition) is 0. The third-order valence-corrected chi connectivity index (χ3v) is 6.30. The molecule has 0 saturated carbocycles. The van der Waals surface area contributed by atoms with Gasteiger partial charge in [-0.15, -0.1) is 0 Å². The van der Waals surface area contributed by atoms with Gasteiger partial charge in [-0.05, 0) is 70.2 Å². The molecule has 1 amide bonds. The Hall–Kier alpha value is -2.21. The summed E-state index contributed by atoms with van der Waals surface area (Å²) in [5, 5.41) is 4.68. The molecule has 1 aliphatic carbocycles. The maximum absolute atomic E-state index is 13.3. The van der Waals surface area contributed by atoms with Crippen molar-refractivity contribution in [2.45, 2.75) is 58.0 Å². The highest BCUT2D eigenvalue weighted by atomic mass is 19.1. The zero-order chi connectivity index (χ0) is 19.8. The molecule has 150 valence electrons. The van der Waals surface area contributed by atoms with Gasteiger partial charge in [-0.2, -0.15) is 5.10 Å². The van der Waals surface area contributed by atoms with E-state index in [0.717, 1.165) is 62.1 Å². The number of amides is 1. The molecule has 2 aromatic rings. The average molecular weight is 384 g/mol. The summed E-state index contributed by atoms with van der Waals surface area (Å²) in [7, 11) is 1.91. The van der Waals surface area contributed by atoms with Crippen molar-refractivity contribution in [2.75, 3.05) is 20.1 Å². The van der Waals surface area contributed by atoms with Gasteiger partial charge >= 0.3 is 0 Å². The number of hydrogen-bond acceptors (Lipinski definition) is 3. The van der Waals surface area contributed by atoms with Gasteiger partial charge in [-0.3, -0.25) is 4.79 Å². The molecular formula is C22H29FN4O. The van der Waals surface area contributed by atoms with Gasteiger partial charge in [0, 0.05) is 43.5 Å². The van der Waals surface area contributed by atoms with Crippen molar-refractivity contribution in [2.24, 2.45) is 0 Å². The van der Waals surface area contributed by atoms with Crippen LogP contribution in [0.5, 0.6) is 0 Å². The third kappa shape index (κ3) is 3.46. The van der Waals surface area contributed by atoms with Crippen LogP contribution in [0.25, 0.3) is 5.69 Å². The minimum absolute atomic E-state index is 0.0157. The lowest BCUT2D eigenvalue weighted by molar-refractivity contribution is 0.0608. The highest BCUT2D eigenvalue weighted by Gasteiger charge is 2.32. The zero-order valence-corrected chi connectivity index (χ0v) is 17.0. The number of carbonyl (C=O) groups is 1. The normalized spacial score (nSPS) is 17.9. The Labute approximate surface area is 166 Å². The summed E-state index contributed by atoms with van der Waals surface area (Å²) < 4.78 is 15.1. The lowest BCUT2D eigenvalue weighted by Gasteiger charge is -2.38. The SMILES string of the molecule is CC(C)N1CCC(N(C)C(=O)c2nn(-c3ccc(F)cc3)c3c2CCC3)CC1. The quantitative estimate of drug-likeness (QED) is 0.811. The minimum atomic E-state index is -0.267. The van der Waals surface area contributed by atoms with E-state index in [9.17, 15) is 9.18 Å². The molecule has 2 heterocycles. The van der Waals surface area contributed by atoms with Gasteiger partial charge in [0.05, 0.1) is 5.69 Å². The second kappa shape index (κ2) is 7.66. The summed E-state index contributed by atoms with van der Waals surface area (Å²) in [5.41, 5.74) is 3.55. The Balaban J connectivity index is 1.57. The fraction of sp³-hybridized carbons (Fsp3) is 0.545. The van der Waals surface area contributed by atoms with Crippen LogP contribution in [-0.4, -0.2) is 57.7 Å². The van der Waals surface area contributed by atoms with Crippen LogP contribution >= 0.6 is 0 Å². The van der Waals surface area contributed by atoms with E-state index in [-0.39, 0.29) is 17.8 Å². The van der Waals surface area contributed by atoms with Crippen LogP contribution in [0.15, 0.2) is 24.3 Å². The molecule has 0 atom stereocenters. The summed E-state index contributed by atoms with van der Waals surface area (Å²) in [4.78, 5) is 17.7. The molecule has 5 nitrogen and oxygen atoms in total. The molecule has 2 aliphatic rings. The van der Waals surface area contributed by atoms with Crippen LogP contribution in [-0.2, 0) is 12.8 Å². The summed E-state index contributed by atoms with van der Waals surface area (Å²) in [6.45, 7) is 6.51. The maximum Gasteiger partial charge on any atom is 0.274 e. The summed E-state index contributed by atoms with van der Waals surface area (Å²) >= 11 is 0. The third-order valence-electron chi connectivity index (χ3n) is 6.30. The molecule has 1 aromatic heterocycles. The molecule has 1 fully saturated rings. The van der Waals surface area contributed by atoms with Crippen LogP contribution in [0, 0.1) is 5.82 Å². The van der Waals surface area contributed by atoms with Crippen LogP contribution in [0.4, 0.5) is 4.39 Å². The molecule has 6 heteroatoms. The predicted molar refractivity (Wildman–Crippen MR) is 107 cm³/mol. The number of likely N-dealkylation sites (tertiary alicyclic amines) is 1. The molecule has 0 bridgehead atoms. The van der Waals surface area contributed by atoms with E-state index in [1.54, 1.807) is 12.1 Å². The first-order chi connectivity index (χ1) is 13.5. The predicted octanol–water partition coefficient (Wildman–Crippen LogP) is 3.44. The summed E-state index contributed by atoms with van der Waals surface area (Å²) in [6.07, 6.45) is 4.83. The van der Waals surface area contributed by atoms with Gasteiger partial charge in [0.25, 0.3) is 5.91 Å². The smallest absolute Gasteiger partial charge is 0.274 e. The van der Waals surface area contributed by atoms with Crippen molar-refractivity contribution in [1.29, 1.82) is 0 Å². The molecule has 1 aliphatic heterocycles. The molecule has 0 unspecified atom stereocenters. The molecule has 4 rings (SSSR count). The Kier molecular flexibility index (Phi) is 5.23. The first-order valence-corrected chi connectivity index (χ1v) is 10.3. The lowest BCUT2D eigenvalue weighted by Crippen LogP contribution is -2.47. The molecule has 28 heavy (non-hydrogen) atoms. The molecule has 0 N–H and O–H groups in total. The van der Waals surface area contributed by atoms with Gasteiger partial charge in [0.2, 0.25) is 0 Å². The number of benzene rings is 1. The van der Waals surface area contributed by atoms with Gasteiger partial charge in [0.1, 0.15) is 5.82 Å². The second-order valence-corrected chi connectivity index (χ2v) is 8.29. The number of piperidine rings is 1. The first-order valence-electron chi connectivity index (χ1n) is 10.3. The van der Waals surface area contributed by atoms with Crippen molar-refractivity contribution < 1.29 is 9.18 Å². The maximum atomic E-state index is 13.3. The number of rotatable bonds is 4. The minimum Gasteiger partial charge on any atom is -0.337 e. The van der Waals surface area contributed by atoms with Crippen LogP contribution in [0.2, 0.25) is 0 Å². The van der Waals surface area contributed by atoms with E-state index in [0.29, 0.717) is 11.7 Å². The van der Waals surface area contributed by atoms with Gasteiger partial charge in [-0.1, -0.05) is 0 Å². The Morgan fingerprint density at radius 1 is 1.18 bits per heavy atom. The van der Waals surface area contributed by atoms with Crippen molar-refractivity contribution >= 4 is 5.91 Å². The van der Waals surface area contributed by atoms with Crippen molar-refractivity contribution in [1.82, 2.24) is 19.6 Å². The highest BCUT2D eigenvalue weighted by molar-refractivity contribution is 5.94. The zero-order valence-electron chi connectivity index (χ0n) is 17.0. The van der Waals surface area contributed by atoms with E-state index in [1.165, 1.54) is 12.1 Å². The van der Waals surface area contributed by atoms with E-state index >= 15 is 0 Å². The van der Waals surface area contributed by atoms with E-state index in [1.807, 2.05) is 16.6 Å². The number of halogens is 1. The van der Waals surface area contributed by atoms with E-state index < -0.39 is 0 Å². The van der Waals surface area contributed by atoms with Crippen molar-refractivity contribution in [3.63, 3.8) is 0 Å². The largest absolute Gasteiger partial charge is 0.337 e. The van der Waals surface area contributed by atoms with Gasteiger partial charge in [0.15, 0.2) is 5.69 Å². The van der Waals surface area contributed by atoms with Gasteiger partial charge < -0.3 is 9.80 Å². The van der Waals surface area contributed by atoms with Crippen molar-refractivity contribution in [3.8, 4) is 5.69 Å². The van der Waals surface area contributed by atoms with Crippen molar-refractivity contribution in [3.05, 3.63) is 47.0 Å². The van der Waals surface area contributed by atoms with E-state index in [4.69, 9.17) is 0 Å². The summed E-state index contributed by atoms with van der Waals surface area (Å²) in [6, 6.07) is 7.14. The molecule has 1 saturated heterocycles. The summed E-state index contributed by atoms with van der Waals surface area (Å²) in [5.74, 6) is -0.252. The standard InChI is InChI=1S/C22H29FN4O/c1-15(2)26-13-11-17(12-14-26)25(3)22(28)21-19-5-4-6-20(19)27(24-21)18-9-7-16(23)8-10-18/h7-10,15,17H,4-6,11-14H2,1-3H3. The van der Waals surface area contributed by atoms with Crippen LogP contribution < -0.4 is 0 Å². The number of aromatic nitrogens is 2. The second-order valence-electron chi connectivity index (χ2n) is 8.29. The molecule has 0 spiro atoms. The first kappa shape index (κ1) is 19.1. The fourth-order valence-electron chi connectivity index (χ4n) is 4.53. The fourth-order valence-corrected chi connectivity index (χ4v) is 4.53. The number of nitrogens with zero attached hydrogens (tertiary/aromatic N) is 4. The Bertz CT molecular complexity index is 850. The topological polar surface area (TPSA) is 41.4 Å². The number of fused-ring (bicyclic) bond motifs is 1. The van der Waals surface area contributed by atoms with Crippen LogP contribution in [0.3, 0.4) is 0 Å². The average Bonchev–Trinajstić information content (AvgIpc) is 3.30. The number of carbonyl (C=O) groups excluding carboxylic acids is 1. The lowest BCUT2D eigenvalue weighted by atomic mass is 10.0. The Morgan fingerprint density at radius 2 is 1.86 bits per heavy atom. The Morgan fingerprint density at radius 3 is 2.50 bits per heavy atom. The monoisotopic (exact) mass is 384 g/mol. The van der Waals surface area contributed by atoms with Crippen LogP contribution in [0.1, 0.15) is 54.9 Å². The molecule has 0 radical (unpaired) electrons. The van der Waals surface area contributed by atoms with Gasteiger partial charge in [-0.25, -0.2) is 9.07 Å². The highest BCUT2D eigenvalue weighted by Crippen LogP contribution is 2.29.